The van der Waals surface area contributed by atoms with Crippen molar-refractivity contribution in [2.75, 3.05) is 18.5 Å². The van der Waals surface area contributed by atoms with Crippen LogP contribution in [0.4, 0.5) is 11.6 Å². The van der Waals surface area contributed by atoms with Crippen molar-refractivity contribution in [3.8, 4) is 23.0 Å². The molecule has 0 saturated heterocycles. The van der Waals surface area contributed by atoms with Gasteiger partial charge in [-0.2, -0.15) is 4.98 Å². The molecule has 7 nitrogen and oxygen atoms in total. The lowest BCUT2D eigenvalue weighted by Crippen LogP contribution is -2.16. The standard InChI is InChI=1S/C25H22N2O5S/c1-16-3-7-18(8-4-16)23-27-25(24(32-23)26-19-9-5-17(2)6-10-19)33(28,29)20-11-12-21-22(15-20)31-14-13-30-21/h3-12,15,26H,13-14H2,1-2H3. The average Bonchev–Trinajstić information content (AvgIpc) is 3.25. The van der Waals surface area contributed by atoms with Crippen LogP contribution in [0.3, 0.4) is 0 Å². The van der Waals surface area contributed by atoms with Crippen molar-refractivity contribution in [2.24, 2.45) is 0 Å². The van der Waals surface area contributed by atoms with Crippen molar-refractivity contribution in [3.63, 3.8) is 0 Å². The number of hydrogen-bond donors (Lipinski definition) is 1. The van der Waals surface area contributed by atoms with Gasteiger partial charge in [-0.15, -0.1) is 0 Å². The van der Waals surface area contributed by atoms with E-state index >= 15 is 0 Å². The minimum Gasteiger partial charge on any atom is -0.486 e. The molecule has 1 N–H and O–H groups in total. The molecule has 33 heavy (non-hydrogen) atoms. The Morgan fingerprint density at radius 1 is 0.818 bits per heavy atom. The smallest absolute Gasteiger partial charge is 0.238 e. The molecular weight excluding hydrogens is 440 g/mol. The van der Waals surface area contributed by atoms with Gasteiger partial charge in [0, 0.05) is 17.3 Å². The summed E-state index contributed by atoms with van der Waals surface area (Å²) >= 11 is 0. The molecule has 2 heterocycles. The highest BCUT2D eigenvalue weighted by molar-refractivity contribution is 7.91. The van der Waals surface area contributed by atoms with Gasteiger partial charge in [0.2, 0.25) is 26.6 Å². The van der Waals surface area contributed by atoms with Crippen molar-refractivity contribution in [2.45, 2.75) is 23.8 Å². The fourth-order valence-corrected chi connectivity index (χ4v) is 4.73. The lowest BCUT2D eigenvalue weighted by Gasteiger charge is -2.18. The first-order valence-corrected chi connectivity index (χ1v) is 11.9. The molecule has 0 spiro atoms. The zero-order valence-electron chi connectivity index (χ0n) is 18.2. The van der Waals surface area contributed by atoms with Crippen LogP contribution >= 0.6 is 0 Å². The molecule has 0 fully saturated rings. The number of fused-ring (bicyclic) bond motifs is 1. The van der Waals surface area contributed by atoms with Crippen LogP contribution < -0.4 is 14.8 Å². The van der Waals surface area contributed by atoms with Gasteiger partial charge in [0.05, 0.1) is 4.90 Å². The van der Waals surface area contributed by atoms with Crippen LogP contribution in [-0.4, -0.2) is 26.6 Å². The second-order valence-corrected chi connectivity index (χ2v) is 9.68. The zero-order chi connectivity index (χ0) is 23.0. The summed E-state index contributed by atoms with van der Waals surface area (Å²) in [5.74, 6) is 1.15. The lowest BCUT2D eigenvalue weighted by atomic mass is 10.1. The summed E-state index contributed by atoms with van der Waals surface area (Å²) in [5, 5.41) is 2.88. The van der Waals surface area contributed by atoms with Gasteiger partial charge in [-0.05, 0) is 50.2 Å². The van der Waals surface area contributed by atoms with Gasteiger partial charge in [-0.25, -0.2) is 8.42 Å². The number of rotatable bonds is 5. The first kappa shape index (κ1) is 21.1. The number of nitrogens with one attached hydrogen (secondary N) is 1. The third kappa shape index (κ3) is 4.17. The molecule has 8 heteroatoms. The third-order valence-electron chi connectivity index (χ3n) is 5.28. The summed E-state index contributed by atoms with van der Waals surface area (Å²) in [6.07, 6.45) is 0. The van der Waals surface area contributed by atoms with Crippen LogP contribution in [0.1, 0.15) is 11.1 Å². The maximum absolute atomic E-state index is 13.6. The Hall–Kier alpha value is -3.78. The fourth-order valence-electron chi connectivity index (χ4n) is 3.46. The Morgan fingerprint density at radius 3 is 2.15 bits per heavy atom. The predicted octanol–water partition coefficient (Wildman–Crippen LogP) is 5.31. The van der Waals surface area contributed by atoms with Gasteiger partial charge < -0.3 is 19.2 Å². The van der Waals surface area contributed by atoms with E-state index in [1.54, 1.807) is 6.07 Å². The van der Waals surface area contributed by atoms with Crippen LogP contribution in [0.25, 0.3) is 11.5 Å². The van der Waals surface area contributed by atoms with Gasteiger partial charge in [0.25, 0.3) is 0 Å². The van der Waals surface area contributed by atoms with Crippen LogP contribution in [0, 0.1) is 13.8 Å². The van der Waals surface area contributed by atoms with Crippen molar-refractivity contribution in [3.05, 3.63) is 77.9 Å². The van der Waals surface area contributed by atoms with E-state index in [1.165, 1.54) is 12.1 Å². The molecule has 4 aromatic rings. The van der Waals surface area contributed by atoms with Crippen molar-refractivity contribution >= 4 is 21.4 Å². The molecular formula is C25H22N2O5S. The second-order valence-electron chi connectivity index (χ2n) is 7.82. The molecule has 0 amide bonds. The van der Waals surface area contributed by atoms with E-state index in [0.29, 0.717) is 36.0 Å². The van der Waals surface area contributed by atoms with Crippen LogP contribution in [0.2, 0.25) is 0 Å². The molecule has 0 unspecified atom stereocenters. The predicted molar refractivity (Wildman–Crippen MR) is 124 cm³/mol. The molecule has 168 valence electrons. The largest absolute Gasteiger partial charge is 0.486 e. The lowest BCUT2D eigenvalue weighted by molar-refractivity contribution is 0.171. The zero-order valence-corrected chi connectivity index (χ0v) is 19.0. The molecule has 5 rings (SSSR count). The molecule has 0 saturated carbocycles. The first-order valence-electron chi connectivity index (χ1n) is 10.5. The minimum atomic E-state index is -4.03. The fraction of sp³-hybridized carbons (Fsp3) is 0.160. The van der Waals surface area contributed by atoms with Crippen LogP contribution in [0.5, 0.6) is 11.5 Å². The Bertz CT molecular complexity index is 1410. The SMILES string of the molecule is Cc1ccc(Nc2oc(-c3ccc(C)cc3)nc2S(=O)(=O)c2ccc3c(c2)OCCO3)cc1. The number of nitrogens with zero attached hydrogens (tertiary/aromatic N) is 1. The maximum Gasteiger partial charge on any atom is 0.238 e. The average molecular weight is 463 g/mol. The van der Waals surface area contributed by atoms with Gasteiger partial charge in [0.15, 0.2) is 11.5 Å². The second kappa shape index (κ2) is 8.29. The normalized spacial score (nSPS) is 13.0. The van der Waals surface area contributed by atoms with Crippen molar-refractivity contribution in [1.82, 2.24) is 4.98 Å². The van der Waals surface area contributed by atoms with E-state index in [4.69, 9.17) is 13.9 Å². The molecule has 1 aliphatic heterocycles. The monoisotopic (exact) mass is 462 g/mol. The summed E-state index contributed by atoms with van der Waals surface area (Å²) in [5.41, 5.74) is 3.53. The van der Waals surface area contributed by atoms with Gasteiger partial charge in [-0.1, -0.05) is 35.4 Å². The third-order valence-corrected chi connectivity index (χ3v) is 6.94. The van der Waals surface area contributed by atoms with E-state index < -0.39 is 9.84 Å². The number of anilines is 2. The van der Waals surface area contributed by atoms with E-state index in [1.807, 2.05) is 62.4 Å². The number of benzene rings is 3. The summed E-state index contributed by atoms with van der Waals surface area (Å²) in [4.78, 5) is 4.44. The number of aromatic nitrogens is 1. The summed E-state index contributed by atoms with van der Waals surface area (Å²) < 4.78 is 44.3. The van der Waals surface area contributed by atoms with E-state index in [2.05, 4.69) is 10.3 Å². The Balaban J connectivity index is 1.61. The molecule has 1 aromatic heterocycles. The Kier molecular flexibility index (Phi) is 5.30. The van der Waals surface area contributed by atoms with Crippen LogP contribution in [-0.2, 0) is 9.84 Å². The van der Waals surface area contributed by atoms with Crippen molar-refractivity contribution in [1.29, 1.82) is 0 Å². The van der Waals surface area contributed by atoms with Crippen LogP contribution in [0.15, 0.2) is 81.1 Å². The molecule has 0 bridgehead atoms. The molecule has 1 aliphatic rings. The highest BCUT2D eigenvalue weighted by Gasteiger charge is 2.30. The number of hydrogen-bond acceptors (Lipinski definition) is 7. The molecule has 0 atom stereocenters. The summed E-state index contributed by atoms with van der Waals surface area (Å²) in [6.45, 7) is 4.73. The highest BCUT2D eigenvalue weighted by Crippen LogP contribution is 2.38. The van der Waals surface area contributed by atoms with Crippen molar-refractivity contribution < 1.29 is 22.3 Å². The number of aryl methyl sites for hydroxylation is 2. The van der Waals surface area contributed by atoms with Gasteiger partial charge in [-0.3, -0.25) is 0 Å². The summed E-state index contributed by atoms with van der Waals surface area (Å²) in [7, 11) is -4.03. The summed E-state index contributed by atoms with van der Waals surface area (Å²) in [6, 6.07) is 19.6. The van der Waals surface area contributed by atoms with E-state index in [-0.39, 0.29) is 21.7 Å². The molecule has 0 aliphatic carbocycles. The molecule has 0 radical (unpaired) electrons. The van der Waals surface area contributed by atoms with Gasteiger partial charge >= 0.3 is 0 Å². The van der Waals surface area contributed by atoms with E-state index in [0.717, 1.165) is 11.1 Å². The first-order chi connectivity index (χ1) is 15.9. The number of sulfone groups is 1. The minimum absolute atomic E-state index is 0.0439. The quantitative estimate of drug-likeness (QED) is 0.430. The maximum atomic E-state index is 13.6. The topological polar surface area (TPSA) is 90.7 Å². The highest BCUT2D eigenvalue weighted by atomic mass is 32.2. The Labute approximate surface area is 191 Å². The molecule has 3 aromatic carbocycles. The Morgan fingerprint density at radius 2 is 1.45 bits per heavy atom. The van der Waals surface area contributed by atoms with E-state index in [9.17, 15) is 8.42 Å². The van der Waals surface area contributed by atoms with Gasteiger partial charge in [0.1, 0.15) is 13.2 Å². The number of ether oxygens (including phenoxy) is 2. The number of oxazole rings is 1.